The molecule has 2 heterocycles. The molecule has 1 aromatic rings. The predicted octanol–water partition coefficient (Wildman–Crippen LogP) is 1.56. The van der Waals surface area contributed by atoms with E-state index >= 15 is 0 Å². The zero-order chi connectivity index (χ0) is 13.9. The highest BCUT2D eigenvalue weighted by Gasteiger charge is 2.45. The van der Waals surface area contributed by atoms with E-state index in [0.29, 0.717) is 25.0 Å². The number of fused-ring (bicyclic) bond motifs is 2. The lowest BCUT2D eigenvalue weighted by Crippen LogP contribution is -2.42. The fourth-order valence-corrected chi connectivity index (χ4v) is 2.76. The number of hydrogen-bond donors (Lipinski definition) is 0. The summed E-state index contributed by atoms with van der Waals surface area (Å²) in [6, 6.07) is 8.84. The fourth-order valence-electron chi connectivity index (χ4n) is 2.76. The molecule has 5 heteroatoms. The Morgan fingerprint density at radius 2 is 2.15 bits per heavy atom. The Morgan fingerprint density at radius 1 is 1.35 bits per heavy atom. The Hall–Kier alpha value is -1.72. The minimum atomic E-state index is -0.368. The van der Waals surface area contributed by atoms with E-state index in [9.17, 15) is 9.59 Å². The van der Waals surface area contributed by atoms with Crippen molar-refractivity contribution in [1.82, 2.24) is 0 Å². The number of rotatable bonds is 4. The zero-order valence-corrected chi connectivity index (χ0v) is 10.9. The molecule has 0 radical (unpaired) electrons. The summed E-state index contributed by atoms with van der Waals surface area (Å²) in [6.45, 7) is 0.461. The largest absolute Gasteiger partial charge is 0.458 e. The van der Waals surface area contributed by atoms with E-state index in [1.54, 1.807) is 24.3 Å². The number of aldehydes is 1. The van der Waals surface area contributed by atoms with E-state index in [0.717, 1.165) is 6.29 Å². The Kier molecular flexibility index (Phi) is 3.80. The second-order valence-electron chi connectivity index (χ2n) is 5.05. The van der Waals surface area contributed by atoms with Crippen LogP contribution < -0.4 is 0 Å². The number of carbonyl (C=O) groups is 2. The Labute approximate surface area is 116 Å². The van der Waals surface area contributed by atoms with Crippen LogP contribution in [0.25, 0.3) is 0 Å². The molecule has 4 atom stereocenters. The smallest absolute Gasteiger partial charge is 0.338 e. The summed E-state index contributed by atoms with van der Waals surface area (Å²) < 4.78 is 16.6. The summed E-state index contributed by atoms with van der Waals surface area (Å²) in [6.07, 6.45) is 0.819. The van der Waals surface area contributed by atoms with Gasteiger partial charge in [-0.1, -0.05) is 18.2 Å². The Morgan fingerprint density at radius 3 is 2.90 bits per heavy atom. The summed E-state index contributed by atoms with van der Waals surface area (Å²) in [5.41, 5.74) is 0.511. The van der Waals surface area contributed by atoms with Crippen molar-refractivity contribution in [3.8, 4) is 0 Å². The first-order valence-corrected chi connectivity index (χ1v) is 6.74. The van der Waals surface area contributed by atoms with E-state index in [1.807, 2.05) is 6.07 Å². The van der Waals surface area contributed by atoms with Gasteiger partial charge in [0.15, 0.2) is 6.29 Å². The van der Waals surface area contributed by atoms with Crippen molar-refractivity contribution < 1.29 is 23.8 Å². The van der Waals surface area contributed by atoms with Gasteiger partial charge in [-0.3, -0.25) is 0 Å². The van der Waals surface area contributed by atoms with E-state index in [-0.39, 0.29) is 30.4 Å². The summed E-state index contributed by atoms with van der Waals surface area (Å²) >= 11 is 0. The van der Waals surface area contributed by atoms with Crippen molar-refractivity contribution in [2.24, 2.45) is 5.92 Å². The van der Waals surface area contributed by atoms with Gasteiger partial charge in [-0.15, -0.1) is 0 Å². The molecule has 0 saturated carbocycles. The minimum absolute atomic E-state index is 0.126. The monoisotopic (exact) mass is 276 g/mol. The lowest BCUT2D eigenvalue weighted by atomic mass is 9.89. The molecule has 20 heavy (non-hydrogen) atoms. The first kappa shape index (κ1) is 13.3. The van der Waals surface area contributed by atoms with Crippen molar-refractivity contribution in [3.05, 3.63) is 35.9 Å². The van der Waals surface area contributed by atoms with E-state index in [1.165, 1.54) is 0 Å². The minimum Gasteiger partial charge on any atom is -0.458 e. The van der Waals surface area contributed by atoms with Crippen LogP contribution in [0.4, 0.5) is 0 Å². The SMILES string of the molecule is O=CC[C@H]1[C@H](OC(=O)c2ccccc2)C[C@@H]2OC[C@H]1O2. The number of esters is 1. The Balaban J connectivity index is 1.71. The van der Waals surface area contributed by atoms with Gasteiger partial charge in [0.2, 0.25) is 0 Å². The average molecular weight is 276 g/mol. The highest BCUT2D eigenvalue weighted by Crippen LogP contribution is 2.35. The van der Waals surface area contributed by atoms with Crippen molar-refractivity contribution in [3.63, 3.8) is 0 Å². The highest BCUT2D eigenvalue weighted by atomic mass is 16.7. The van der Waals surface area contributed by atoms with Crippen LogP contribution in [0.3, 0.4) is 0 Å². The fraction of sp³-hybridized carbons (Fsp3) is 0.467. The number of hydrogen-bond acceptors (Lipinski definition) is 5. The van der Waals surface area contributed by atoms with Gasteiger partial charge in [0.05, 0.1) is 18.3 Å². The van der Waals surface area contributed by atoms with E-state index in [2.05, 4.69) is 0 Å². The van der Waals surface area contributed by atoms with E-state index < -0.39 is 0 Å². The van der Waals surface area contributed by atoms with Crippen molar-refractivity contribution in [2.75, 3.05) is 6.61 Å². The van der Waals surface area contributed by atoms with Gasteiger partial charge in [-0.25, -0.2) is 4.79 Å². The number of ether oxygens (including phenoxy) is 3. The highest BCUT2D eigenvalue weighted by molar-refractivity contribution is 5.89. The molecule has 3 rings (SSSR count). The molecule has 2 aliphatic rings. The van der Waals surface area contributed by atoms with Crippen LogP contribution in [0.5, 0.6) is 0 Å². The maximum atomic E-state index is 12.1. The molecule has 0 N–H and O–H groups in total. The summed E-state index contributed by atoms with van der Waals surface area (Å²) in [5, 5.41) is 0. The molecule has 2 saturated heterocycles. The standard InChI is InChI=1S/C15H16O5/c16-7-6-11-12(8-14-18-9-13(11)19-14)20-15(17)10-4-2-1-3-5-10/h1-5,7,11-14H,6,8-9H2/t11-,12+,13+,14+/m0/s1. The third-order valence-electron chi connectivity index (χ3n) is 3.79. The van der Waals surface area contributed by atoms with Gasteiger partial charge in [-0.05, 0) is 12.1 Å². The van der Waals surface area contributed by atoms with Crippen molar-refractivity contribution >= 4 is 12.3 Å². The number of benzene rings is 1. The van der Waals surface area contributed by atoms with Crippen LogP contribution in [0.2, 0.25) is 0 Å². The second-order valence-corrected chi connectivity index (χ2v) is 5.05. The molecule has 106 valence electrons. The lowest BCUT2D eigenvalue weighted by Gasteiger charge is -2.33. The molecule has 1 aromatic carbocycles. The normalized spacial score (nSPS) is 31.8. The van der Waals surface area contributed by atoms with Crippen LogP contribution in [0.15, 0.2) is 30.3 Å². The summed E-state index contributed by atoms with van der Waals surface area (Å²) in [4.78, 5) is 22.9. The van der Waals surface area contributed by atoms with Gasteiger partial charge in [0.25, 0.3) is 0 Å². The van der Waals surface area contributed by atoms with Gasteiger partial charge in [0, 0.05) is 18.8 Å². The molecular formula is C15H16O5. The molecule has 2 aliphatic heterocycles. The van der Waals surface area contributed by atoms with Crippen LogP contribution in [-0.4, -0.2) is 37.4 Å². The summed E-state index contributed by atoms with van der Waals surface area (Å²) in [5.74, 6) is -0.494. The van der Waals surface area contributed by atoms with E-state index in [4.69, 9.17) is 14.2 Å². The third-order valence-corrected chi connectivity index (χ3v) is 3.79. The average Bonchev–Trinajstić information content (AvgIpc) is 2.87. The quantitative estimate of drug-likeness (QED) is 0.617. The van der Waals surface area contributed by atoms with Gasteiger partial charge in [0.1, 0.15) is 12.4 Å². The molecule has 0 aliphatic carbocycles. The lowest BCUT2D eigenvalue weighted by molar-refractivity contribution is -0.147. The predicted molar refractivity (Wildman–Crippen MR) is 69.0 cm³/mol. The molecule has 2 bridgehead atoms. The molecule has 0 spiro atoms. The maximum Gasteiger partial charge on any atom is 0.338 e. The molecular weight excluding hydrogens is 260 g/mol. The van der Waals surface area contributed by atoms with Crippen LogP contribution in [-0.2, 0) is 19.0 Å². The second kappa shape index (κ2) is 5.73. The van der Waals surface area contributed by atoms with Gasteiger partial charge >= 0.3 is 5.97 Å². The van der Waals surface area contributed by atoms with Gasteiger partial charge in [-0.2, -0.15) is 0 Å². The van der Waals surface area contributed by atoms with Crippen molar-refractivity contribution in [2.45, 2.75) is 31.3 Å². The molecule has 0 aromatic heterocycles. The molecule has 5 nitrogen and oxygen atoms in total. The Bertz CT molecular complexity index is 486. The van der Waals surface area contributed by atoms with Crippen LogP contribution in [0, 0.1) is 5.92 Å². The van der Waals surface area contributed by atoms with Crippen molar-refractivity contribution in [1.29, 1.82) is 0 Å². The van der Waals surface area contributed by atoms with Gasteiger partial charge < -0.3 is 19.0 Å². The first-order chi connectivity index (χ1) is 9.78. The molecule has 2 fully saturated rings. The number of carbonyl (C=O) groups excluding carboxylic acids is 2. The van der Waals surface area contributed by atoms with Crippen LogP contribution in [0.1, 0.15) is 23.2 Å². The maximum absolute atomic E-state index is 12.1. The topological polar surface area (TPSA) is 61.8 Å². The zero-order valence-electron chi connectivity index (χ0n) is 10.9. The van der Waals surface area contributed by atoms with Crippen LogP contribution >= 0.6 is 0 Å². The third kappa shape index (κ3) is 2.59. The first-order valence-electron chi connectivity index (χ1n) is 6.74. The summed E-state index contributed by atoms with van der Waals surface area (Å²) in [7, 11) is 0. The molecule has 0 unspecified atom stereocenters. The molecule has 0 amide bonds.